The molecule has 3 aromatic rings. The van der Waals surface area contributed by atoms with Gasteiger partial charge in [-0.2, -0.15) is 0 Å². The van der Waals surface area contributed by atoms with Crippen molar-refractivity contribution in [2.24, 2.45) is 0 Å². The summed E-state index contributed by atoms with van der Waals surface area (Å²) in [6.45, 7) is 1.98. The minimum absolute atomic E-state index is 0.0209. The predicted octanol–water partition coefficient (Wildman–Crippen LogP) is 5.17. The summed E-state index contributed by atoms with van der Waals surface area (Å²) in [5.74, 6) is 0.344. The Kier molecular flexibility index (Phi) is 5.95. The Bertz CT molecular complexity index is 1120. The van der Waals surface area contributed by atoms with Crippen LogP contribution in [0.5, 0.6) is 5.75 Å². The number of aryl methyl sites for hydroxylation is 1. The fraction of sp³-hybridized carbons (Fsp3) is 0.167. The average molecular weight is 437 g/mol. The fourth-order valence-corrected chi connectivity index (χ4v) is 4.62. The molecule has 2 amide bonds. The van der Waals surface area contributed by atoms with Gasteiger partial charge < -0.3 is 10.1 Å². The lowest BCUT2D eigenvalue weighted by Crippen LogP contribution is -2.28. The monoisotopic (exact) mass is 436 g/mol. The zero-order valence-electron chi connectivity index (χ0n) is 17.1. The standard InChI is InChI=1S/C24H21FN2O3S/c1-15-3-12-21(30-2)20(13-15)27-22(28)14-31-24(27)17-6-10-19(11-7-17)26-23(29)16-4-8-18(25)9-5-16/h3-13,24H,14H2,1-2H3,(H,26,29)/t24-/m0/s1. The summed E-state index contributed by atoms with van der Waals surface area (Å²) >= 11 is 1.55. The molecular weight excluding hydrogens is 415 g/mol. The van der Waals surface area contributed by atoms with Crippen LogP contribution in [0.25, 0.3) is 0 Å². The zero-order chi connectivity index (χ0) is 22.0. The van der Waals surface area contributed by atoms with Crippen molar-refractivity contribution in [2.45, 2.75) is 12.3 Å². The van der Waals surface area contributed by atoms with Crippen molar-refractivity contribution in [2.75, 3.05) is 23.1 Å². The molecule has 0 radical (unpaired) electrons. The third kappa shape index (κ3) is 4.41. The van der Waals surface area contributed by atoms with Gasteiger partial charge >= 0.3 is 0 Å². The van der Waals surface area contributed by atoms with Crippen LogP contribution in [0.1, 0.15) is 26.9 Å². The van der Waals surface area contributed by atoms with Crippen molar-refractivity contribution in [3.8, 4) is 5.75 Å². The molecule has 1 heterocycles. The smallest absolute Gasteiger partial charge is 0.255 e. The first-order chi connectivity index (χ1) is 15.0. The summed E-state index contributed by atoms with van der Waals surface area (Å²) in [4.78, 5) is 26.8. The highest BCUT2D eigenvalue weighted by Crippen LogP contribution is 2.45. The summed E-state index contributed by atoms with van der Waals surface area (Å²) in [7, 11) is 1.59. The van der Waals surface area contributed by atoms with Crippen LogP contribution in [-0.4, -0.2) is 24.7 Å². The molecule has 0 aromatic heterocycles. The Labute approximate surface area is 184 Å². The first-order valence-corrected chi connectivity index (χ1v) is 10.8. The number of rotatable bonds is 5. The van der Waals surface area contributed by atoms with Crippen molar-refractivity contribution < 1.29 is 18.7 Å². The molecule has 0 spiro atoms. The summed E-state index contributed by atoms with van der Waals surface area (Å²) < 4.78 is 18.5. The lowest BCUT2D eigenvalue weighted by atomic mass is 10.1. The maximum absolute atomic E-state index is 13.1. The van der Waals surface area contributed by atoms with Crippen molar-refractivity contribution in [1.29, 1.82) is 0 Å². The number of halogens is 1. The largest absolute Gasteiger partial charge is 0.495 e. The van der Waals surface area contributed by atoms with Crippen LogP contribution in [0.3, 0.4) is 0 Å². The van der Waals surface area contributed by atoms with E-state index in [9.17, 15) is 14.0 Å². The highest BCUT2D eigenvalue weighted by Gasteiger charge is 2.35. The fourth-order valence-electron chi connectivity index (χ4n) is 3.45. The van der Waals surface area contributed by atoms with E-state index in [-0.39, 0.29) is 23.0 Å². The molecule has 0 aliphatic carbocycles. The highest BCUT2D eigenvalue weighted by atomic mass is 32.2. The number of hydrogen-bond acceptors (Lipinski definition) is 4. The van der Waals surface area contributed by atoms with Crippen LogP contribution in [0.4, 0.5) is 15.8 Å². The summed E-state index contributed by atoms with van der Waals surface area (Å²) in [5.41, 5.74) is 3.72. The van der Waals surface area contributed by atoms with Gasteiger partial charge in [0.1, 0.15) is 16.9 Å². The molecule has 5 nitrogen and oxygen atoms in total. The second-order valence-corrected chi connectivity index (χ2v) is 8.25. The van der Waals surface area contributed by atoms with E-state index >= 15 is 0 Å². The molecule has 1 atom stereocenters. The normalized spacial score (nSPS) is 15.8. The Morgan fingerprint density at radius 2 is 1.81 bits per heavy atom. The van der Waals surface area contributed by atoms with Crippen molar-refractivity contribution in [3.63, 3.8) is 0 Å². The molecule has 158 valence electrons. The maximum Gasteiger partial charge on any atom is 0.255 e. The van der Waals surface area contributed by atoms with Gasteiger partial charge in [0.2, 0.25) is 5.91 Å². The van der Waals surface area contributed by atoms with Crippen molar-refractivity contribution >= 4 is 35.0 Å². The number of nitrogens with one attached hydrogen (secondary N) is 1. The number of amides is 2. The van der Waals surface area contributed by atoms with Crippen LogP contribution >= 0.6 is 11.8 Å². The van der Waals surface area contributed by atoms with Crippen LogP contribution in [0.15, 0.2) is 66.7 Å². The van der Waals surface area contributed by atoms with Gasteiger partial charge in [0.15, 0.2) is 0 Å². The van der Waals surface area contributed by atoms with Gasteiger partial charge in [0, 0.05) is 11.3 Å². The number of methoxy groups -OCH3 is 1. The molecule has 1 fully saturated rings. The topological polar surface area (TPSA) is 58.6 Å². The van der Waals surface area contributed by atoms with Gasteiger partial charge in [-0.05, 0) is 66.6 Å². The second-order valence-electron chi connectivity index (χ2n) is 7.19. The number of thioether (sulfide) groups is 1. The molecule has 4 rings (SSSR count). The number of hydrogen-bond donors (Lipinski definition) is 1. The van der Waals surface area contributed by atoms with Crippen LogP contribution in [0.2, 0.25) is 0 Å². The van der Waals surface area contributed by atoms with Gasteiger partial charge in [-0.1, -0.05) is 18.2 Å². The minimum atomic E-state index is -0.390. The van der Waals surface area contributed by atoms with E-state index in [0.717, 1.165) is 16.8 Å². The molecule has 0 unspecified atom stereocenters. The van der Waals surface area contributed by atoms with E-state index < -0.39 is 0 Å². The van der Waals surface area contributed by atoms with Gasteiger partial charge in [-0.25, -0.2) is 4.39 Å². The van der Waals surface area contributed by atoms with E-state index in [0.29, 0.717) is 22.8 Å². The average Bonchev–Trinajstić information content (AvgIpc) is 3.16. The van der Waals surface area contributed by atoms with Crippen LogP contribution in [-0.2, 0) is 4.79 Å². The molecule has 3 aromatic carbocycles. The first kappa shape index (κ1) is 20.9. The molecule has 1 saturated heterocycles. The Hall–Kier alpha value is -3.32. The van der Waals surface area contributed by atoms with E-state index in [2.05, 4.69) is 5.32 Å². The van der Waals surface area contributed by atoms with E-state index in [1.165, 1.54) is 24.3 Å². The summed E-state index contributed by atoms with van der Waals surface area (Å²) in [5, 5.41) is 2.61. The first-order valence-electron chi connectivity index (χ1n) is 9.71. The number of ether oxygens (including phenoxy) is 1. The van der Waals surface area contributed by atoms with E-state index in [4.69, 9.17) is 4.74 Å². The molecule has 0 saturated carbocycles. The number of carbonyl (C=O) groups is 2. The SMILES string of the molecule is COc1ccc(C)cc1N1C(=O)CS[C@H]1c1ccc(NC(=O)c2ccc(F)cc2)cc1. The van der Waals surface area contributed by atoms with Gasteiger partial charge in [-0.15, -0.1) is 11.8 Å². The quantitative estimate of drug-likeness (QED) is 0.599. The Balaban J connectivity index is 1.55. The molecule has 0 bridgehead atoms. The lowest BCUT2D eigenvalue weighted by molar-refractivity contribution is -0.115. The van der Waals surface area contributed by atoms with Gasteiger partial charge in [0.25, 0.3) is 5.91 Å². The van der Waals surface area contributed by atoms with Crippen LogP contribution < -0.4 is 15.0 Å². The van der Waals surface area contributed by atoms with Gasteiger partial charge in [0.05, 0.1) is 18.6 Å². The van der Waals surface area contributed by atoms with E-state index in [1.54, 1.807) is 35.9 Å². The second kappa shape index (κ2) is 8.81. The number of carbonyl (C=O) groups excluding carboxylic acids is 2. The molecule has 1 aliphatic rings. The molecular formula is C24H21FN2O3S. The molecule has 7 heteroatoms. The predicted molar refractivity (Wildman–Crippen MR) is 121 cm³/mol. The van der Waals surface area contributed by atoms with Gasteiger partial charge in [-0.3, -0.25) is 14.5 Å². The summed E-state index contributed by atoms with van der Waals surface area (Å²) in [6.07, 6.45) is 0. The molecule has 1 aliphatic heterocycles. The third-order valence-electron chi connectivity index (χ3n) is 5.02. The molecule has 31 heavy (non-hydrogen) atoms. The van der Waals surface area contributed by atoms with Crippen molar-refractivity contribution in [3.05, 3.63) is 89.2 Å². The zero-order valence-corrected chi connectivity index (χ0v) is 17.9. The highest BCUT2D eigenvalue weighted by molar-refractivity contribution is 8.00. The molecule has 1 N–H and O–H groups in total. The Morgan fingerprint density at radius 1 is 1.10 bits per heavy atom. The number of benzene rings is 3. The summed E-state index contributed by atoms with van der Waals surface area (Å²) in [6, 6.07) is 18.5. The van der Waals surface area contributed by atoms with E-state index in [1.807, 2.05) is 37.3 Å². The third-order valence-corrected chi connectivity index (χ3v) is 6.23. The Morgan fingerprint density at radius 3 is 2.48 bits per heavy atom. The maximum atomic E-state index is 13.1. The minimum Gasteiger partial charge on any atom is -0.495 e. The lowest BCUT2D eigenvalue weighted by Gasteiger charge is -2.26. The van der Waals surface area contributed by atoms with Crippen molar-refractivity contribution in [1.82, 2.24) is 0 Å². The number of nitrogens with zero attached hydrogens (tertiary/aromatic N) is 1. The number of anilines is 2. The van der Waals surface area contributed by atoms with Crippen LogP contribution in [0, 0.1) is 12.7 Å².